The van der Waals surface area contributed by atoms with Gasteiger partial charge in [-0.05, 0) is 28.3 Å². The highest BCUT2D eigenvalue weighted by molar-refractivity contribution is 9.10. The molecule has 78 valence electrons. The number of H-pyrrole nitrogens is 1. The minimum atomic E-state index is -0.0406. The Balaban J connectivity index is 2.72. The van der Waals surface area contributed by atoms with Crippen LogP contribution in [-0.2, 0) is 0 Å². The van der Waals surface area contributed by atoms with Crippen molar-refractivity contribution in [2.24, 2.45) is 0 Å². The lowest BCUT2D eigenvalue weighted by Crippen LogP contribution is -2.04. The second-order valence-corrected chi connectivity index (χ2v) is 4.53. The molecule has 1 heterocycles. The van der Waals surface area contributed by atoms with Crippen LogP contribution in [0.25, 0.3) is 21.5 Å². The van der Waals surface area contributed by atoms with E-state index in [4.69, 9.17) is 0 Å². The smallest absolute Gasteiger partial charge is 0.256 e. The quantitative estimate of drug-likeness (QED) is 0.626. The van der Waals surface area contributed by atoms with E-state index in [1.54, 1.807) is 6.20 Å². The van der Waals surface area contributed by atoms with Crippen molar-refractivity contribution < 1.29 is 0 Å². The van der Waals surface area contributed by atoms with Gasteiger partial charge in [0.1, 0.15) is 0 Å². The van der Waals surface area contributed by atoms with Crippen molar-refractivity contribution in [3.05, 3.63) is 57.4 Å². The van der Waals surface area contributed by atoms with Crippen LogP contribution < -0.4 is 5.56 Å². The number of aromatic nitrogens is 1. The molecule has 0 unspecified atom stereocenters. The number of rotatable bonds is 0. The average Bonchev–Trinajstić information content (AvgIpc) is 2.29. The van der Waals surface area contributed by atoms with Gasteiger partial charge >= 0.3 is 0 Å². The molecule has 16 heavy (non-hydrogen) atoms. The maximum atomic E-state index is 11.8. The van der Waals surface area contributed by atoms with Crippen LogP contribution >= 0.6 is 15.9 Å². The van der Waals surface area contributed by atoms with Crippen molar-refractivity contribution in [2.45, 2.75) is 0 Å². The molecule has 3 rings (SSSR count). The number of fused-ring (bicyclic) bond motifs is 3. The lowest BCUT2D eigenvalue weighted by molar-refractivity contribution is 1.28. The minimum absolute atomic E-state index is 0.0406. The zero-order valence-corrected chi connectivity index (χ0v) is 9.91. The van der Waals surface area contributed by atoms with Crippen LogP contribution in [0.2, 0.25) is 0 Å². The first kappa shape index (κ1) is 9.60. The molecule has 0 bridgehead atoms. The van der Waals surface area contributed by atoms with Crippen LogP contribution in [0.4, 0.5) is 0 Å². The van der Waals surface area contributed by atoms with Crippen LogP contribution in [0, 0.1) is 0 Å². The maximum absolute atomic E-state index is 11.8. The van der Waals surface area contributed by atoms with Crippen LogP contribution in [-0.4, -0.2) is 4.98 Å². The van der Waals surface area contributed by atoms with E-state index in [0.29, 0.717) is 0 Å². The molecule has 3 heteroatoms. The topological polar surface area (TPSA) is 32.9 Å². The number of pyridine rings is 1. The summed E-state index contributed by atoms with van der Waals surface area (Å²) in [6.45, 7) is 0. The highest BCUT2D eigenvalue weighted by Crippen LogP contribution is 2.29. The zero-order chi connectivity index (χ0) is 11.1. The third-order valence-corrected chi connectivity index (χ3v) is 3.39. The summed E-state index contributed by atoms with van der Waals surface area (Å²) >= 11 is 3.53. The van der Waals surface area contributed by atoms with Gasteiger partial charge in [-0.15, -0.1) is 0 Å². The Bertz CT molecular complexity index is 746. The van der Waals surface area contributed by atoms with Gasteiger partial charge in [-0.1, -0.05) is 40.2 Å². The molecule has 0 amide bonds. The van der Waals surface area contributed by atoms with E-state index in [2.05, 4.69) is 20.9 Å². The summed E-state index contributed by atoms with van der Waals surface area (Å²) in [5, 5.41) is 3.75. The minimum Gasteiger partial charge on any atom is -0.329 e. The summed E-state index contributed by atoms with van der Waals surface area (Å²) in [6, 6.07) is 11.8. The molecule has 0 aliphatic rings. The summed E-state index contributed by atoms with van der Waals surface area (Å²) in [4.78, 5) is 14.5. The van der Waals surface area contributed by atoms with Gasteiger partial charge in [0, 0.05) is 10.7 Å². The van der Waals surface area contributed by atoms with Gasteiger partial charge < -0.3 is 4.98 Å². The van der Waals surface area contributed by atoms with E-state index in [9.17, 15) is 4.79 Å². The van der Waals surface area contributed by atoms with Crippen molar-refractivity contribution in [2.75, 3.05) is 0 Å². The third kappa shape index (κ3) is 1.28. The highest BCUT2D eigenvalue weighted by Gasteiger charge is 2.06. The number of hydrogen-bond donors (Lipinski definition) is 1. The predicted octanol–water partition coefficient (Wildman–Crippen LogP) is 3.44. The molecule has 0 aliphatic carbocycles. The Morgan fingerprint density at radius 3 is 2.62 bits per heavy atom. The molecule has 0 atom stereocenters. The molecule has 0 saturated heterocycles. The summed E-state index contributed by atoms with van der Waals surface area (Å²) in [5.74, 6) is 0. The van der Waals surface area contributed by atoms with Gasteiger partial charge in [-0.25, -0.2) is 0 Å². The van der Waals surface area contributed by atoms with E-state index in [1.165, 1.54) is 0 Å². The van der Waals surface area contributed by atoms with Gasteiger partial charge in [-0.2, -0.15) is 0 Å². The summed E-state index contributed by atoms with van der Waals surface area (Å²) < 4.78 is 1.02. The van der Waals surface area contributed by atoms with Gasteiger partial charge in [0.05, 0.1) is 5.39 Å². The Hall–Kier alpha value is -1.61. The molecule has 0 fully saturated rings. The summed E-state index contributed by atoms with van der Waals surface area (Å²) in [5.41, 5.74) is -0.0406. The molecule has 1 aromatic heterocycles. The van der Waals surface area contributed by atoms with Crippen molar-refractivity contribution in [1.82, 2.24) is 4.98 Å². The Morgan fingerprint density at radius 2 is 1.81 bits per heavy atom. The van der Waals surface area contributed by atoms with Crippen molar-refractivity contribution >= 4 is 37.5 Å². The first-order valence-corrected chi connectivity index (χ1v) is 5.75. The fourth-order valence-corrected chi connectivity index (χ4v) is 2.61. The van der Waals surface area contributed by atoms with E-state index < -0.39 is 0 Å². The lowest BCUT2D eigenvalue weighted by atomic mass is 10.0. The molecule has 2 nitrogen and oxygen atoms in total. The Labute approximate surface area is 100 Å². The molecular formula is C13H8BrNO. The first-order valence-electron chi connectivity index (χ1n) is 4.96. The number of hydrogen-bond acceptors (Lipinski definition) is 1. The van der Waals surface area contributed by atoms with E-state index in [-0.39, 0.29) is 5.56 Å². The summed E-state index contributed by atoms with van der Waals surface area (Å²) in [7, 11) is 0. The maximum Gasteiger partial charge on any atom is 0.256 e. The monoisotopic (exact) mass is 273 g/mol. The van der Waals surface area contributed by atoms with E-state index in [1.807, 2.05) is 36.4 Å². The van der Waals surface area contributed by atoms with Crippen LogP contribution in [0.3, 0.4) is 0 Å². The number of aromatic amines is 1. The normalized spacial score (nSPS) is 11.1. The predicted molar refractivity (Wildman–Crippen MR) is 69.8 cm³/mol. The fraction of sp³-hybridized carbons (Fsp3) is 0. The van der Waals surface area contributed by atoms with Gasteiger partial charge in [0.2, 0.25) is 0 Å². The van der Waals surface area contributed by atoms with Crippen LogP contribution in [0.5, 0.6) is 0 Å². The number of benzene rings is 2. The highest BCUT2D eigenvalue weighted by atomic mass is 79.9. The molecule has 0 radical (unpaired) electrons. The first-order chi connectivity index (χ1) is 7.77. The molecule has 0 spiro atoms. The zero-order valence-electron chi connectivity index (χ0n) is 8.33. The third-order valence-electron chi connectivity index (χ3n) is 2.73. The van der Waals surface area contributed by atoms with Gasteiger partial charge in [-0.3, -0.25) is 4.79 Å². The van der Waals surface area contributed by atoms with E-state index >= 15 is 0 Å². The van der Waals surface area contributed by atoms with Crippen LogP contribution in [0.15, 0.2) is 51.9 Å². The molecular weight excluding hydrogens is 266 g/mol. The molecule has 2 aromatic carbocycles. The second kappa shape index (κ2) is 3.46. The largest absolute Gasteiger partial charge is 0.329 e. The van der Waals surface area contributed by atoms with E-state index in [0.717, 1.165) is 26.0 Å². The van der Waals surface area contributed by atoms with Crippen molar-refractivity contribution in [1.29, 1.82) is 0 Å². The fourth-order valence-electron chi connectivity index (χ4n) is 2.02. The standard InChI is InChI=1S/C13H8BrNO/c14-11-7-8-5-6-15-13(16)12(8)10-4-2-1-3-9(10)11/h1-7H,(H,15,16). The Kier molecular flexibility index (Phi) is 2.07. The second-order valence-electron chi connectivity index (χ2n) is 3.67. The number of halogens is 1. The SMILES string of the molecule is O=c1[nH]ccc2cc(Br)c3ccccc3c12. The molecule has 3 aromatic rings. The Morgan fingerprint density at radius 1 is 1.06 bits per heavy atom. The molecule has 0 saturated carbocycles. The average molecular weight is 274 g/mol. The number of nitrogens with one attached hydrogen (secondary N) is 1. The summed E-state index contributed by atoms with van der Waals surface area (Å²) in [6.07, 6.45) is 1.67. The van der Waals surface area contributed by atoms with Gasteiger partial charge in [0.15, 0.2) is 0 Å². The van der Waals surface area contributed by atoms with Gasteiger partial charge in [0.25, 0.3) is 5.56 Å². The van der Waals surface area contributed by atoms with Crippen molar-refractivity contribution in [3.8, 4) is 0 Å². The van der Waals surface area contributed by atoms with Crippen molar-refractivity contribution in [3.63, 3.8) is 0 Å². The molecule has 0 aliphatic heterocycles. The lowest BCUT2D eigenvalue weighted by Gasteiger charge is -2.04. The van der Waals surface area contributed by atoms with Crippen LogP contribution in [0.1, 0.15) is 0 Å². The molecule has 1 N–H and O–H groups in total.